The summed E-state index contributed by atoms with van der Waals surface area (Å²) < 4.78 is 60.0. The molecule has 0 aliphatic rings. The summed E-state index contributed by atoms with van der Waals surface area (Å²) in [7, 11) is 0.841. The predicted octanol–water partition coefficient (Wildman–Crippen LogP) is 4.89. The van der Waals surface area contributed by atoms with E-state index in [1.165, 1.54) is 0 Å². The monoisotopic (exact) mass is 414 g/mol. The summed E-state index contributed by atoms with van der Waals surface area (Å²) in [6.45, 7) is 4.00. The summed E-state index contributed by atoms with van der Waals surface area (Å²) in [5.41, 5.74) is 0.0749. The van der Waals surface area contributed by atoms with Crippen LogP contribution in [0.5, 0.6) is 5.75 Å². The number of hydrogen-bond acceptors (Lipinski definition) is 3. The van der Waals surface area contributed by atoms with Crippen molar-refractivity contribution in [2.75, 3.05) is 12.4 Å². The maximum atomic E-state index is 14.0. The Morgan fingerprint density at radius 3 is 2.21 bits per heavy atom. The van der Waals surface area contributed by atoms with Gasteiger partial charge in [-0.15, -0.1) is 0 Å². The number of hydrogen-bond donors (Lipinski definition) is 2. The number of ether oxygens (including phenoxy) is 1. The Kier molecular flexibility index (Phi) is 6.95. The lowest BCUT2D eigenvalue weighted by atomic mass is 9.97. The van der Waals surface area contributed by atoms with Crippen LogP contribution in [0.25, 0.3) is 0 Å². The molecule has 2 aromatic carbocycles. The van der Waals surface area contributed by atoms with Crippen molar-refractivity contribution in [3.63, 3.8) is 0 Å². The normalized spacial score (nSPS) is 11.7. The van der Waals surface area contributed by atoms with Gasteiger partial charge in [0.1, 0.15) is 5.56 Å². The van der Waals surface area contributed by atoms with E-state index in [4.69, 9.17) is 12.2 Å². The van der Waals surface area contributed by atoms with Crippen molar-refractivity contribution in [2.45, 2.75) is 26.2 Å². The lowest BCUT2D eigenvalue weighted by Crippen LogP contribution is -2.36. The van der Waals surface area contributed by atoms with Crippen LogP contribution in [-0.4, -0.2) is 18.1 Å². The fourth-order valence-corrected chi connectivity index (χ4v) is 2.77. The van der Waals surface area contributed by atoms with E-state index in [9.17, 15) is 22.4 Å². The van der Waals surface area contributed by atoms with E-state index in [0.717, 1.165) is 19.1 Å². The van der Waals surface area contributed by atoms with E-state index >= 15 is 0 Å². The number of halogens is 4. The SMILES string of the molecule is CC[C@H](C)c1ccccc1NC(=S)NC(=O)c1c(F)c(F)c(OC)c(F)c1F. The highest BCUT2D eigenvalue weighted by Gasteiger charge is 2.30. The number of thiocarbonyl (C=S) groups is 1. The Bertz CT molecular complexity index is 892. The second kappa shape index (κ2) is 9.01. The molecule has 0 saturated heterocycles. The Hall–Kier alpha value is -2.68. The molecule has 4 nitrogen and oxygen atoms in total. The van der Waals surface area contributed by atoms with Crippen LogP contribution in [0.15, 0.2) is 24.3 Å². The van der Waals surface area contributed by atoms with Crippen LogP contribution < -0.4 is 15.4 Å². The van der Waals surface area contributed by atoms with Gasteiger partial charge in [0.25, 0.3) is 5.91 Å². The third-order valence-electron chi connectivity index (χ3n) is 4.23. The number of para-hydroxylation sites is 1. The molecule has 2 N–H and O–H groups in total. The van der Waals surface area contributed by atoms with Gasteiger partial charge < -0.3 is 10.1 Å². The average Bonchev–Trinajstić information content (AvgIpc) is 2.66. The molecule has 0 aromatic heterocycles. The number of carbonyl (C=O) groups excluding carboxylic acids is 1. The summed E-state index contributed by atoms with van der Waals surface area (Å²) in [6.07, 6.45) is 0.846. The number of nitrogens with one attached hydrogen (secondary N) is 2. The van der Waals surface area contributed by atoms with Crippen molar-refractivity contribution in [1.82, 2.24) is 5.32 Å². The summed E-state index contributed by atoms with van der Waals surface area (Å²) >= 11 is 5.00. The minimum Gasteiger partial charge on any atom is -0.491 e. The standard InChI is InChI=1S/C19H18F4N2O2S/c1-4-9(2)10-7-5-6-8-11(10)24-19(28)25-18(26)12-13(20)15(22)17(27-3)16(23)14(12)21/h5-9H,4H2,1-3H3,(H2,24,25,26,28)/t9-/m0/s1. The van der Waals surface area contributed by atoms with Gasteiger partial charge in [0.05, 0.1) is 7.11 Å². The van der Waals surface area contributed by atoms with Crippen molar-refractivity contribution in [3.05, 3.63) is 58.7 Å². The van der Waals surface area contributed by atoms with Crippen molar-refractivity contribution < 1.29 is 27.1 Å². The zero-order chi connectivity index (χ0) is 21.0. The Morgan fingerprint density at radius 1 is 1.11 bits per heavy atom. The largest absolute Gasteiger partial charge is 0.491 e. The molecule has 28 heavy (non-hydrogen) atoms. The lowest BCUT2D eigenvalue weighted by Gasteiger charge is -2.17. The average molecular weight is 414 g/mol. The number of anilines is 1. The van der Waals surface area contributed by atoms with Crippen molar-refractivity contribution in [1.29, 1.82) is 0 Å². The number of amides is 1. The van der Waals surface area contributed by atoms with Gasteiger partial charge in [0, 0.05) is 5.69 Å². The van der Waals surface area contributed by atoms with E-state index in [0.29, 0.717) is 5.69 Å². The maximum absolute atomic E-state index is 14.0. The second-order valence-corrected chi connectivity index (χ2v) is 6.38. The third-order valence-corrected chi connectivity index (χ3v) is 4.44. The molecule has 9 heteroatoms. The maximum Gasteiger partial charge on any atom is 0.263 e. The first kappa shape index (κ1) is 21.6. The molecule has 1 amide bonds. The quantitative estimate of drug-likeness (QED) is 0.416. The first-order chi connectivity index (χ1) is 13.2. The predicted molar refractivity (Wildman–Crippen MR) is 102 cm³/mol. The molecule has 0 unspecified atom stereocenters. The topological polar surface area (TPSA) is 50.4 Å². The van der Waals surface area contributed by atoms with Gasteiger partial charge >= 0.3 is 0 Å². The molecule has 0 aliphatic carbocycles. The molecular formula is C19H18F4N2O2S. The van der Waals surface area contributed by atoms with Crippen molar-refractivity contribution >= 4 is 28.9 Å². The first-order valence-corrected chi connectivity index (χ1v) is 8.74. The minimum absolute atomic E-state index is 0.182. The summed E-state index contributed by atoms with van der Waals surface area (Å²) in [4.78, 5) is 12.2. The van der Waals surface area contributed by atoms with Crippen LogP contribution in [0.2, 0.25) is 0 Å². The van der Waals surface area contributed by atoms with Crippen LogP contribution in [0.3, 0.4) is 0 Å². The molecule has 0 radical (unpaired) electrons. The molecule has 2 rings (SSSR count). The highest BCUT2D eigenvalue weighted by Crippen LogP contribution is 2.30. The van der Waals surface area contributed by atoms with Crippen LogP contribution in [0.4, 0.5) is 23.2 Å². The molecule has 0 heterocycles. The van der Waals surface area contributed by atoms with Gasteiger partial charge in [-0.1, -0.05) is 32.0 Å². The molecule has 150 valence electrons. The number of carbonyl (C=O) groups is 1. The van der Waals surface area contributed by atoms with E-state index in [2.05, 4.69) is 10.1 Å². The molecule has 0 bridgehead atoms. The molecule has 2 aromatic rings. The lowest BCUT2D eigenvalue weighted by molar-refractivity contribution is 0.0966. The number of rotatable bonds is 5. The summed E-state index contributed by atoms with van der Waals surface area (Å²) in [6, 6.07) is 7.16. The van der Waals surface area contributed by atoms with E-state index < -0.39 is 40.5 Å². The molecule has 1 atom stereocenters. The Morgan fingerprint density at radius 2 is 1.68 bits per heavy atom. The first-order valence-electron chi connectivity index (χ1n) is 8.34. The van der Waals surface area contributed by atoms with Gasteiger partial charge in [0.15, 0.2) is 22.5 Å². The highest BCUT2D eigenvalue weighted by atomic mass is 32.1. The van der Waals surface area contributed by atoms with Gasteiger partial charge in [-0.2, -0.15) is 8.78 Å². The van der Waals surface area contributed by atoms with E-state index in [1.54, 1.807) is 12.1 Å². The van der Waals surface area contributed by atoms with Gasteiger partial charge in [0.2, 0.25) is 11.6 Å². The van der Waals surface area contributed by atoms with Crippen LogP contribution in [-0.2, 0) is 0 Å². The van der Waals surface area contributed by atoms with Crippen LogP contribution >= 0.6 is 12.2 Å². The van der Waals surface area contributed by atoms with Gasteiger partial charge in [-0.25, -0.2) is 8.78 Å². The Balaban J connectivity index is 2.27. The molecule has 0 spiro atoms. The second-order valence-electron chi connectivity index (χ2n) is 5.97. The minimum atomic E-state index is -1.88. The highest BCUT2D eigenvalue weighted by molar-refractivity contribution is 7.80. The fourth-order valence-electron chi connectivity index (χ4n) is 2.57. The van der Waals surface area contributed by atoms with Gasteiger partial charge in [-0.05, 0) is 36.2 Å². The number of benzene rings is 2. The smallest absolute Gasteiger partial charge is 0.263 e. The molecular weight excluding hydrogens is 396 g/mol. The fraction of sp³-hybridized carbons (Fsp3) is 0.263. The van der Waals surface area contributed by atoms with Gasteiger partial charge in [-0.3, -0.25) is 10.1 Å². The molecule has 0 aliphatic heterocycles. The number of methoxy groups -OCH3 is 1. The van der Waals surface area contributed by atoms with Crippen LogP contribution in [0, 0.1) is 23.3 Å². The van der Waals surface area contributed by atoms with Crippen molar-refractivity contribution in [3.8, 4) is 5.75 Å². The third kappa shape index (κ3) is 4.24. The summed E-state index contributed by atoms with van der Waals surface area (Å²) in [5.74, 6) is -9.89. The molecule has 0 fully saturated rings. The zero-order valence-electron chi connectivity index (χ0n) is 15.3. The molecule has 0 saturated carbocycles. The zero-order valence-corrected chi connectivity index (χ0v) is 16.1. The van der Waals surface area contributed by atoms with Crippen LogP contribution in [0.1, 0.15) is 42.1 Å². The summed E-state index contributed by atoms with van der Waals surface area (Å²) in [5, 5.41) is 4.51. The van der Waals surface area contributed by atoms with E-state index in [-0.39, 0.29) is 11.0 Å². The Labute approximate surface area is 164 Å². The van der Waals surface area contributed by atoms with Crippen molar-refractivity contribution in [2.24, 2.45) is 0 Å². The van der Waals surface area contributed by atoms with E-state index in [1.807, 2.05) is 31.3 Å².